The van der Waals surface area contributed by atoms with E-state index in [0.717, 1.165) is 18.7 Å². The van der Waals surface area contributed by atoms with Crippen LogP contribution in [0.5, 0.6) is 0 Å². The van der Waals surface area contributed by atoms with Crippen LogP contribution in [-0.4, -0.2) is 31.4 Å². The van der Waals surface area contributed by atoms with Crippen molar-refractivity contribution in [2.24, 2.45) is 7.05 Å². The lowest BCUT2D eigenvalue weighted by Gasteiger charge is -2.20. The van der Waals surface area contributed by atoms with Gasteiger partial charge in [-0.25, -0.2) is 0 Å². The molecule has 0 spiro atoms. The molecule has 0 saturated heterocycles. The monoisotopic (exact) mass is 238 g/mol. The number of aryl methyl sites for hydroxylation is 1. The zero-order chi connectivity index (χ0) is 12.5. The highest BCUT2D eigenvalue weighted by Crippen LogP contribution is 2.29. The molecule has 0 bridgehead atoms. The Balaban J connectivity index is 1.94. The smallest absolute Gasteiger partial charge is 0.252 e. The van der Waals surface area contributed by atoms with E-state index in [0.29, 0.717) is 25.2 Å². The van der Waals surface area contributed by atoms with Crippen LogP contribution in [0.25, 0.3) is 0 Å². The lowest BCUT2D eigenvalue weighted by atomic mass is 10.0. The van der Waals surface area contributed by atoms with Gasteiger partial charge in [0.15, 0.2) is 5.82 Å². The van der Waals surface area contributed by atoms with Gasteiger partial charge in [-0.05, 0) is 32.6 Å². The second kappa shape index (κ2) is 4.44. The van der Waals surface area contributed by atoms with Crippen LogP contribution in [0.2, 0.25) is 0 Å². The minimum absolute atomic E-state index is 0.296. The maximum absolute atomic E-state index is 11.8. The molecule has 1 saturated carbocycles. The molecule has 1 heterocycles. The van der Waals surface area contributed by atoms with E-state index in [1.165, 1.54) is 0 Å². The third kappa shape index (κ3) is 2.31. The van der Waals surface area contributed by atoms with Crippen molar-refractivity contribution < 1.29 is 9.90 Å². The predicted octanol–water partition coefficient (Wildman–Crippen LogP) is 0.0448. The molecule has 1 aromatic rings. The molecule has 0 radical (unpaired) electrons. The van der Waals surface area contributed by atoms with Crippen LogP contribution in [0, 0.1) is 6.92 Å². The summed E-state index contributed by atoms with van der Waals surface area (Å²) in [5.41, 5.74) is -1.17. The van der Waals surface area contributed by atoms with Gasteiger partial charge in [0.1, 0.15) is 11.4 Å². The molecule has 6 heteroatoms. The highest BCUT2D eigenvalue weighted by molar-refractivity contribution is 5.85. The summed E-state index contributed by atoms with van der Waals surface area (Å²) >= 11 is 0. The van der Waals surface area contributed by atoms with E-state index < -0.39 is 5.60 Å². The van der Waals surface area contributed by atoms with Crippen LogP contribution in [0.15, 0.2) is 0 Å². The molecule has 1 aliphatic rings. The summed E-state index contributed by atoms with van der Waals surface area (Å²) in [7, 11) is 1.85. The number of carbonyl (C=O) groups is 1. The predicted molar refractivity (Wildman–Crippen MR) is 61.0 cm³/mol. The van der Waals surface area contributed by atoms with E-state index in [1.807, 2.05) is 18.5 Å². The molecule has 0 aromatic carbocycles. The zero-order valence-electron chi connectivity index (χ0n) is 10.2. The SMILES string of the molecule is Cc1nnc(CNC(=O)C2(O)CCCC2)n1C. The maximum atomic E-state index is 11.8. The van der Waals surface area contributed by atoms with Crippen LogP contribution in [-0.2, 0) is 18.4 Å². The van der Waals surface area contributed by atoms with E-state index in [9.17, 15) is 9.90 Å². The Morgan fingerprint density at radius 1 is 1.47 bits per heavy atom. The van der Waals surface area contributed by atoms with Crippen molar-refractivity contribution in [1.82, 2.24) is 20.1 Å². The van der Waals surface area contributed by atoms with E-state index in [2.05, 4.69) is 15.5 Å². The fraction of sp³-hybridized carbons (Fsp3) is 0.727. The van der Waals surface area contributed by atoms with Crippen molar-refractivity contribution in [2.45, 2.75) is 44.8 Å². The van der Waals surface area contributed by atoms with E-state index in [4.69, 9.17) is 0 Å². The Hall–Kier alpha value is -1.43. The molecule has 0 unspecified atom stereocenters. The van der Waals surface area contributed by atoms with Crippen LogP contribution in [0.3, 0.4) is 0 Å². The number of nitrogens with one attached hydrogen (secondary N) is 1. The molecular weight excluding hydrogens is 220 g/mol. The second-order valence-corrected chi connectivity index (χ2v) is 4.64. The number of aromatic nitrogens is 3. The van der Waals surface area contributed by atoms with Gasteiger partial charge in [0.2, 0.25) is 0 Å². The topological polar surface area (TPSA) is 80.0 Å². The van der Waals surface area contributed by atoms with Crippen molar-refractivity contribution in [3.8, 4) is 0 Å². The van der Waals surface area contributed by atoms with Gasteiger partial charge in [-0.1, -0.05) is 0 Å². The highest BCUT2D eigenvalue weighted by Gasteiger charge is 2.38. The van der Waals surface area contributed by atoms with Gasteiger partial charge in [-0.2, -0.15) is 0 Å². The van der Waals surface area contributed by atoms with Crippen molar-refractivity contribution >= 4 is 5.91 Å². The van der Waals surface area contributed by atoms with Gasteiger partial charge < -0.3 is 15.0 Å². The molecule has 17 heavy (non-hydrogen) atoms. The Bertz CT molecular complexity index is 421. The lowest BCUT2D eigenvalue weighted by Crippen LogP contribution is -2.44. The first-order chi connectivity index (χ1) is 8.03. The van der Waals surface area contributed by atoms with Crippen molar-refractivity contribution in [2.75, 3.05) is 0 Å². The van der Waals surface area contributed by atoms with Crippen LogP contribution in [0.1, 0.15) is 37.3 Å². The summed E-state index contributed by atoms with van der Waals surface area (Å²) in [6, 6.07) is 0. The zero-order valence-corrected chi connectivity index (χ0v) is 10.2. The van der Waals surface area contributed by atoms with Crippen molar-refractivity contribution in [3.05, 3.63) is 11.6 Å². The second-order valence-electron chi connectivity index (χ2n) is 4.64. The van der Waals surface area contributed by atoms with Gasteiger partial charge in [-0.3, -0.25) is 4.79 Å². The van der Waals surface area contributed by atoms with E-state index in [1.54, 1.807) is 0 Å². The molecule has 2 rings (SSSR count). The van der Waals surface area contributed by atoms with Crippen LogP contribution < -0.4 is 5.32 Å². The number of hydrogen-bond donors (Lipinski definition) is 2. The third-order valence-electron chi connectivity index (χ3n) is 3.44. The van der Waals surface area contributed by atoms with Crippen molar-refractivity contribution in [1.29, 1.82) is 0 Å². The minimum Gasteiger partial charge on any atom is -0.380 e. The molecule has 1 amide bonds. The van der Waals surface area contributed by atoms with Gasteiger partial charge in [0.25, 0.3) is 5.91 Å². The quantitative estimate of drug-likeness (QED) is 0.779. The van der Waals surface area contributed by atoms with Gasteiger partial charge in [-0.15, -0.1) is 10.2 Å². The largest absolute Gasteiger partial charge is 0.380 e. The van der Waals surface area contributed by atoms with Crippen LogP contribution >= 0.6 is 0 Å². The Kier molecular flexibility index (Phi) is 3.15. The number of rotatable bonds is 3. The first-order valence-corrected chi connectivity index (χ1v) is 5.88. The summed E-state index contributed by atoms with van der Waals surface area (Å²) in [5.74, 6) is 1.20. The van der Waals surface area contributed by atoms with Crippen molar-refractivity contribution in [3.63, 3.8) is 0 Å². The average Bonchev–Trinajstić information content (AvgIpc) is 2.87. The molecule has 1 fully saturated rings. The summed E-state index contributed by atoms with van der Waals surface area (Å²) in [5, 5.41) is 20.6. The Labute approximate surface area is 100 Å². The average molecular weight is 238 g/mol. The first-order valence-electron chi connectivity index (χ1n) is 5.88. The first kappa shape index (κ1) is 12.0. The van der Waals surface area contributed by atoms with Gasteiger partial charge in [0, 0.05) is 7.05 Å². The number of amides is 1. The molecule has 0 atom stereocenters. The standard InChI is InChI=1S/C11H18N4O2/c1-8-13-14-9(15(8)2)7-12-10(16)11(17)5-3-4-6-11/h17H,3-7H2,1-2H3,(H,12,16). The Morgan fingerprint density at radius 2 is 2.12 bits per heavy atom. The Morgan fingerprint density at radius 3 is 2.65 bits per heavy atom. The summed E-state index contributed by atoms with van der Waals surface area (Å²) in [6.45, 7) is 2.15. The van der Waals surface area contributed by atoms with E-state index in [-0.39, 0.29) is 5.91 Å². The van der Waals surface area contributed by atoms with Crippen LogP contribution in [0.4, 0.5) is 0 Å². The normalized spacial score (nSPS) is 18.3. The molecule has 94 valence electrons. The lowest BCUT2D eigenvalue weighted by molar-refractivity contribution is -0.139. The third-order valence-corrected chi connectivity index (χ3v) is 3.44. The molecule has 6 nitrogen and oxygen atoms in total. The summed E-state index contributed by atoms with van der Waals surface area (Å²) in [4.78, 5) is 11.8. The molecule has 1 aliphatic carbocycles. The fourth-order valence-corrected chi connectivity index (χ4v) is 2.12. The minimum atomic E-state index is -1.17. The molecular formula is C11H18N4O2. The molecule has 0 aliphatic heterocycles. The summed E-state index contributed by atoms with van der Waals surface area (Å²) in [6.07, 6.45) is 2.92. The van der Waals surface area contributed by atoms with Gasteiger partial charge in [0.05, 0.1) is 6.54 Å². The maximum Gasteiger partial charge on any atom is 0.252 e. The number of nitrogens with zero attached hydrogens (tertiary/aromatic N) is 3. The summed E-state index contributed by atoms with van der Waals surface area (Å²) < 4.78 is 1.82. The number of aliphatic hydroxyl groups is 1. The molecule has 2 N–H and O–H groups in total. The number of carbonyl (C=O) groups excluding carboxylic acids is 1. The van der Waals surface area contributed by atoms with Gasteiger partial charge >= 0.3 is 0 Å². The fourth-order valence-electron chi connectivity index (χ4n) is 2.12. The number of hydrogen-bond acceptors (Lipinski definition) is 4. The highest BCUT2D eigenvalue weighted by atomic mass is 16.3. The van der Waals surface area contributed by atoms with E-state index >= 15 is 0 Å². The molecule has 1 aromatic heterocycles.